The van der Waals surface area contributed by atoms with Gasteiger partial charge in [-0.2, -0.15) is 0 Å². The first-order valence-electron chi connectivity index (χ1n) is 5.08. The van der Waals surface area contributed by atoms with E-state index in [1.807, 2.05) is 6.07 Å². The summed E-state index contributed by atoms with van der Waals surface area (Å²) in [6.07, 6.45) is 0. The van der Waals surface area contributed by atoms with Gasteiger partial charge in [0.15, 0.2) is 0 Å². The molecule has 0 aromatic heterocycles. The van der Waals surface area contributed by atoms with Crippen LogP contribution in [-0.4, -0.2) is 25.2 Å². The molecule has 84 valence electrons. The normalized spacial score (nSPS) is 10.3. The van der Waals surface area contributed by atoms with E-state index in [2.05, 4.69) is 41.9 Å². The van der Waals surface area contributed by atoms with Crippen LogP contribution in [0.2, 0.25) is 0 Å². The van der Waals surface area contributed by atoms with E-state index >= 15 is 0 Å². The van der Waals surface area contributed by atoms with Crippen molar-refractivity contribution in [2.75, 3.05) is 25.2 Å². The summed E-state index contributed by atoms with van der Waals surface area (Å²) in [6, 6.07) is 6.19. The van der Waals surface area contributed by atoms with Crippen LogP contribution in [0.25, 0.3) is 0 Å². The minimum absolute atomic E-state index is 0.608. The molecule has 3 heteroatoms. The number of halogens is 1. The fourth-order valence-corrected chi connectivity index (χ4v) is 1.56. The monoisotopic (exact) mass is 272 g/mol. The summed E-state index contributed by atoms with van der Waals surface area (Å²) in [5.41, 5.74) is 2.44. The van der Waals surface area contributed by atoms with Crippen LogP contribution in [-0.2, 0) is 4.74 Å². The lowest BCUT2D eigenvalue weighted by Crippen LogP contribution is -2.08. The summed E-state index contributed by atoms with van der Waals surface area (Å²) in [5.74, 6) is 0.947. The Kier molecular flexibility index (Phi) is 5.73. The zero-order valence-electron chi connectivity index (χ0n) is 9.25. The molecule has 1 aromatic carbocycles. The second kappa shape index (κ2) is 6.85. The van der Waals surface area contributed by atoms with Gasteiger partial charge in [0, 0.05) is 5.33 Å². The summed E-state index contributed by atoms with van der Waals surface area (Å²) in [7, 11) is 0. The van der Waals surface area contributed by atoms with E-state index < -0.39 is 0 Å². The average Bonchev–Trinajstić information content (AvgIpc) is 2.20. The molecule has 0 aliphatic heterocycles. The molecule has 0 spiro atoms. The smallest absolute Gasteiger partial charge is 0.122 e. The molecular formula is C12H17BrO2. The standard InChI is InChI=1S/C12H17BrO2/c1-10-3-4-12(11(2)9-10)15-8-7-14-6-5-13/h3-4,9H,5-8H2,1-2H3. The van der Waals surface area contributed by atoms with Crippen LogP contribution < -0.4 is 4.74 Å². The number of alkyl halides is 1. The largest absolute Gasteiger partial charge is 0.491 e. The van der Waals surface area contributed by atoms with E-state index in [0.29, 0.717) is 13.2 Å². The Balaban J connectivity index is 2.31. The van der Waals surface area contributed by atoms with Crippen molar-refractivity contribution in [3.8, 4) is 5.75 Å². The Labute approximate surface area is 99.7 Å². The molecule has 0 N–H and O–H groups in total. The van der Waals surface area contributed by atoms with Crippen LogP contribution in [0.1, 0.15) is 11.1 Å². The number of hydrogen-bond acceptors (Lipinski definition) is 2. The Hall–Kier alpha value is -0.540. The van der Waals surface area contributed by atoms with Crippen molar-refractivity contribution in [3.05, 3.63) is 29.3 Å². The predicted octanol–water partition coefficient (Wildman–Crippen LogP) is 3.09. The summed E-state index contributed by atoms with van der Waals surface area (Å²) in [4.78, 5) is 0. The summed E-state index contributed by atoms with van der Waals surface area (Å²) < 4.78 is 10.9. The topological polar surface area (TPSA) is 18.5 Å². The van der Waals surface area contributed by atoms with Crippen LogP contribution in [0, 0.1) is 13.8 Å². The van der Waals surface area contributed by atoms with Crippen LogP contribution in [0.3, 0.4) is 0 Å². The average molecular weight is 273 g/mol. The van der Waals surface area contributed by atoms with E-state index in [0.717, 1.165) is 17.7 Å². The highest BCUT2D eigenvalue weighted by atomic mass is 79.9. The molecule has 0 heterocycles. The van der Waals surface area contributed by atoms with Crippen LogP contribution in [0.15, 0.2) is 18.2 Å². The molecule has 1 rings (SSSR count). The molecule has 2 nitrogen and oxygen atoms in total. The van der Waals surface area contributed by atoms with E-state index in [9.17, 15) is 0 Å². The van der Waals surface area contributed by atoms with Crippen molar-refractivity contribution in [2.45, 2.75) is 13.8 Å². The highest BCUT2D eigenvalue weighted by Crippen LogP contribution is 2.18. The van der Waals surface area contributed by atoms with E-state index in [1.54, 1.807) is 0 Å². The van der Waals surface area contributed by atoms with Gasteiger partial charge in [0.25, 0.3) is 0 Å². The van der Waals surface area contributed by atoms with Gasteiger partial charge in [-0.3, -0.25) is 0 Å². The number of benzene rings is 1. The first kappa shape index (κ1) is 12.5. The predicted molar refractivity (Wildman–Crippen MR) is 66.0 cm³/mol. The number of ether oxygens (including phenoxy) is 2. The highest BCUT2D eigenvalue weighted by molar-refractivity contribution is 9.09. The van der Waals surface area contributed by atoms with E-state index in [-0.39, 0.29) is 0 Å². The summed E-state index contributed by atoms with van der Waals surface area (Å²) in [5, 5.41) is 0.872. The quantitative estimate of drug-likeness (QED) is 0.585. The maximum absolute atomic E-state index is 5.60. The molecular weight excluding hydrogens is 256 g/mol. The van der Waals surface area contributed by atoms with Crippen LogP contribution in [0.4, 0.5) is 0 Å². The molecule has 0 fully saturated rings. The molecule has 1 aromatic rings. The van der Waals surface area contributed by atoms with Gasteiger partial charge < -0.3 is 9.47 Å². The van der Waals surface area contributed by atoms with Crippen molar-refractivity contribution in [3.63, 3.8) is 0 Å². The molecule has 0 bridgehead atoms. The Morgan fingerprint density at radius 3 is 2.60 bits per heavy atom. The number of hydrogen-bond donors (Lipinski definition) is 0. The molecule has 0 radical (unpaired) electrons. The van der Waals surface area contributed by atoms with Crippen LogP contribution in [0.5, 0.6) is 5.75 Å². The Bertz CT molecular complexity index is 300. The summed E-state index contributed by atoms with van der Waals surface area (Å²) in [6.45, 7) is 6.11. The van der Waals surface area contributed by atoms with Crippen molar-refractivity contribution < 1.29 is 9.47 Å². The van der Waals surface area contributed by atoms with Gasteiger partial charge in [-0.15, -0.1) is 0 Å². The molecule has 0 aliphatic carbocycles. The van der Waals surface area contributed by atoms with Gasteiger partial charge in [0.05, 0.1) is 13.2 Å². The molecule has 0 aliphatic rings. The second-order valence-electron chi connectivity index (χ2n) is 3.42. The third-order valence-corrected chi connectivity index (χ3v) is 2.36. The van der Waals surface area contributed by atoms with Crippen molar-refractivity contribution >= 4 is 15.9 Å². The van der Waals surface area contributed by atoms with Crippen molar-refractivity contribution in [1.29, 1.82) is 0 Å². The molecule has 0 atom stereocenters. The molecule has 15 heavy (non-hydrogen) atoms. The Morgan fingerprint density at radius 2 is 1.93 bits per heavy atom. The van der Waals surface area contributed by atoms with Gasteiger partial charge in [0.2, 0.25) is 0 Å². The zero-order valence-corrected chi connectivity index (χ0v) is 10.8. The Morgan fingerprint density at radius 1 is 1.13 bits per heavy atom. The lowest BCUT2D eigenvalue weighted by Gasteiger charge is -2.09. The fraction of sp³-hybridized carbons (Fsp3) is 0.500. The summed E-state index contributed by atoms with van der Waals surface area (Å²) >= 11 is 3.30. The molecule has 0 saturated carbocycles. The molecule has 0 unspecified atom stereocenters. The fourth-order valence-electron chi connectivity index (χ4n) is 1.33. The van der Waals surface area contributed by atoms with Crippen LogP contribution >= 0.6 is 15.9 Å². The molecule has 0 amide bonds. The lowest BCUT2D eigenvalue weighted by atomic mass is 10.1. The second-order valence-corrected chi connectivity index (χ2v) is 4.21. The van der Waals surface area contributed by atoms with Crippen molar-refractivity contribution in [1.82, 2.24) is 0 Å². The van der Waals surface area contributed by atoms with Gasteiger partial charge >= 0.3 is 0 Å². The first-order valence-corrected chi connectivity index (χ1v) is 6.20. The van der Waals surface area contributed by atoms with Gasteiger partial charge in [-0.1, -0.05) is 33.6 Å². The maximum Gasteiger partial charge on any atom is 0.122 e. The SMILES string of the molecule is Cc1ccc(OCCOCCBr)c(C)c1. The zero-order chi connectivity index (χ0) is 11.1. The third-order valence-electron chi connectivity index (χ3n) is 2.04. The van der Waals surface area contributed by atoms with Gasteiger partial charge in [0.1, 0.15) is 12.4 Å². The number of rotatable bonds is 6. The van der Waals surface area contributed by atoms with Gasteiger partial charge in [-0.25, -0.2) is 0 Å². The van der Waals surface area contributed by atoms with Crippen molar-refractivity contribution in [2.24, 2.45) is 0 Å². The van der Waals surface area contributed by atoms with Gasteiger partial charge in [-0.05, 0) is 25.5 Å². The first-order chi connectivity index (χ1) is 7.24. The minimum atomic E-state index is 0.608. The molecule has 0 saturated heterocycles. The number of aryl methyl sites for hydroxylation is 2. The van der Waals surface area contributed by atoms with E-state index in [1.165, 1.54) is 11.1 Å². The highest BCUT2D eigenvalue weighted by Gasteiger charge is 1.98. The lowest BCUT2D eigenvalue weighted by molar-refractivity contribution is 0.112. The minimum Gasteiger partial charge on any atom is -0.491 e. The maximum atomic E-state index is 5.60. The van der Waals surface area contributed by atoms with E-state index in [4.69, 9.17) is 9.47 Å². The third kappa shape index (κ3) is 4.67.